The minimum absolute atomic E-state index is 0.196. The van der Waals surface area contributed by atoms with E-state index in [1.165, 1.54) is 31.2 Å². The first kappa shape index (κ1) is 15.2. The Morgan fingerprint density at radius 3 is 2.41 bits per heavy atom. The van der Waals surface area contributed by atoms with Gasteiger partial charge in [-0.15, -0.1) is 0 Å². The molecule has 0 saturated heterocycles. The molecule has 1 amide bonds. The molecule has 1 aromatic heterocycles. The fourth-order valence-electron chi connectivity index (χ4n) is 1.71. The number of hydrogen-bond donors (Lipinski definition) is 1. The number of carbonyl (C=O) groups is 2. The van der Waals surface area contributed by atoms with Gasteiger partial charge in [0.05, 0.1) is 6.07 Å². The van der Waals surface area contributed by atoms with Gasteiger partial charge in [-0.2, -0.15) is 0 Å². The number of rotatable bonds is 5. The molecule has 0 aliphatic carbocycles. The Balaban J connectivity index is 2.06. The number of anilines is 1. The SMILES string of the molecule is CC(=O)Nc1ccc(C(=O)/C=C/c2ccc([N+](=O)[O-])o2)cc1. The van der Waals surface area contributed by atoms with Crippen molar-refractivity contribution in [3.05, 3.63) is 63.9 Å². The molecule has 0 spiro atoms. The fourth-order valence-corrected chi connectivity index (χ4v) is 1.71. The largest absolute Gasteiger partial charge is 0.433 e. The molecule has 0 aliphatic heterocycles. The van der Waals surface area contributed by atoms with Crippen LogP contribution >= 0.6 is 0 Å². The third-order valence-corrected chi connectivity index (χ3v) is 2.68. The van der Waals surface area contributed by atoms with Gasteiger partial charge in [0, 0.05) is 18.2 Å². The summed E-state index contributed by atoms with van der Waals surface area (Å²) < 4.78 is 4.91. The molecular formula is C15H12N2O5. The maximum absolute atomic E-state index is 11.9. The van der Waals surface area contributed by atoms with Crippen LogP contribution in [0.5, 0.6) is 0 Å². The lowest BCUT2D eigenvalue weighted by Gasteiger charge is -2.02. The van der Waals surface area contributed by atoms with Gasteiger partial charge in [0.15, 0.2) is 5.78 Å². The molecule has 1 N–H and O–H groups in total. The topological polar surface area (TPSA) is 102 Å². The van der Waals surface area contributed by atoms with Crippen LogP contribution in [0.25, 0.3) is 6.08 Å². The highest BCUT2D eigenvalue weighted by molar-refractivity contribution is 6.07. The highest BCUT2D eigenvalue weighted by atomic mass is 16.6. The number of hydrogen-bond acceptors (Lipinski definition) is 5. The number of amides is 1. The second-order valence-corrected chi connectivity index (χ2v) is 4.39. The first-order valence-electron chi connectivity index (χ1n) is 6.30. The summed E-state index contributed by atoms with van der Waals surface area (Å²) in [4.78, 5) is 32.7. The summed E-state index contributed by atoms with van der Waals surface area (Å²) in [7, 11) is 0. The third kappa shape index (κ3) is 3.89. The van der Waals surface area contributed by atoms with E-state index in [4.69, 9.17) is 4.42 Å². The first-order valence-corrected chi connectivity index (χ1v) is 6.30. The average molecular weight is 300 g/mol. The van der Waals surface area contributed by atoms with Crippen molar-refractivity contribution >= 4 is 29.3 Å². The van der Waals surface area contributed by atoms with Crippen molar-refractivity contribution in [2.75, 3.05) is 5.32 Å². The van der Waals surface area contributed by atoms with Crippen molar-refractivity contribution in [3.8, 4) is 0 Å². The van der Waals surface area contributed by atoms with Crippen LogP contribution in [0.4, 0.5) is 11.6 Å². The predicted molar refractivity (Wildman–Crippen MR) is 79.5 cm³/mol. The number of carbonyl (C=O) groups excluding carboxylic acids is 2. The summed E-state index contributed by atoms with van der Waals surface area (Å²) in [5, 5.41) is 13.1. The second kappa shape index (κ2) is 6.49. The van der Waals surface area contributed by atoms with Crippen LogP contribution in [0, 0.1) is 10.1 Å². The Kier molecular flexibility index (Phi) is 4.47. The number of allylic oxidation sites excluding steroid dienone is 1. The van der Waals surface area contributed by atoms with Gasteiger partial charge >= 0.3 is 5.88 Å². The van der Waals surface area contributed by atoms with Crippen molar-refractivity contribution in [3.63, 3.8) is 0 Å². The van der Waals surface area contributed by atoms with E-state index in [0.717, 1.165) is 0 Å². The molecule has 0 fully saturated rings. The van der Waals surface area contributed by atoms with Gasteiger partial charge in [0.1, 0.15) is 10.7 Å². The zero-order valence-electron chi connectivity index (χ0n) is 11.6. The smallest absolute Gasteiger partial charge is 0.401 e. The number of nitro groups is 1. The van der Waals surface area contributed by atoms with Gasteiger partial charge < -0.3 is 9.73 Å². The molecule has 0 radical (unpaired) electrons. The molecule has 0 unspecified atom stereocenters. The predicted octanol–water partition coefficient (Wildman–Crippen LogP) is 3.04. The molecule has 0 saturated carbocycles. The van der Waals surface area contributed by atoms with Crippen molar-refractivity contribution in [1.82, 2.24) is 0 Å². The van der Waals surface area contributed by atoms with Crippen LogP contribution in [0.1, 0.15) is 23.0 Å². The summed E-state index contributed by atoms with van der Waals surface area (Å²) in [6, 6.07) is 8.99. The number of nitrogens with zero attached hydrogens (tertiary/aromatic N) is 1. The summed E-state index contributed by atoms with van der Waals surface area (Å²) in [5.74, 6) is -0.645. The van der Waals surface area contributed by atoms with E-state index in [2.05, 4.69) is 5.32 Å². The van der Waals surface area contributed by atoms with Crippen molar-refractivity contribution in [2.45, 2.75) is 6.92 Å². The summed E-state index contributed by atoms with van der Waals surface area (Å²) in [6.07, 6.45) is 2.62. The van der Waals surface area contributed by atoms with Crippen LogP contribution in [-0.2, 0) is 4.79 Å². The van der Waals surface area contributed by atoms with E-state index in [1.54, 1.807) is 24.3 Å². The van der Waals surface area contributed by atoms with Gasteiger partial charge in [-0.1, -0.05) is 0 Å². The monoisotopic (exact) mass is 300 g/mol. The molecule has 0 atom stereocenters. The van der Waals surface area contributed by atoms with Crippen molar-refractivity contribution in [2.24, 2.45) is 0 Å². The summed E-state index contributed by atoms with van der Waals surface area (Å²) in [5.41, 5.74) is 1.01. The second-order valence-electron chi connectivity index (χ2n) is 4.39. The molecule has 7 nitrogen and oxygen atoms in total. The quantitative estimate of drug-likeness (QED) is 0.395. The maximum atomic E-state index is 11.9. The Morgan fingerprint density at radius 1 is 1.18 bits per heavy atom. The molecule has 1 heterocycles. The zero-order chi connectivity index (χ0) is 16.1. The molecular weight excluding hydrogens is 288 g/mol. The molecule has 22 heavy (non-hydrogen) atoms. The summed E-state index contributed by atoms with van der Waals surface area (Å²) >= 11 is 0. The molecule has 2 aromatic rings. The first-order chi connectivity index (χ1) is 10.5. The lowest BCUT2D eigenvalue weighted by Crippen LogP contribution is -2.05. The van der Waals surface area contributed by atoms with E-state index in [1.807, 2.05) is 0 Å². The van der Waals surface area contributed by atoms with Gasteiger partial charge in [-0.25, -0.2) is 0 Å². The molecule has 2 rings (SSSR count). The number of nitrogens with one attached hydrogen (secondary N) is 1. The highest BCUT2D eigenvalue weighted by Crippen LogP contribution is 2.17. The molecule has 0 bridgehead atoms. The zero-order valence-corrected chi connectivity index (χ0v) is 11.6. The standard InChI is InChI=1S/C15H12N2O5/c1-10(18)16-12-4-2-11(3-5-12)14(19)8-6-13-7-9-15(22-13)17(20)21/h2-9H,1H3,(H,16,18)/b8-6+. The Morgan fingerprint density at radius 2 is 1.86 bits per heavy atom. The van der Waals surface area contributed by atoms with E-state index in [9.17, 15) is 19.7 Å². The van der Waals surface area contributed by atoms with E-state index in [0.29, 0.717) is 11.3 Å². The average Bonchev–Trinajstić information content (AvgIpc) is 2.94. The van der Waals surface area contributed by atoms with E-state index in [-0.39, 0.29) is 23.3 Å². The minimum atomic E-state index is -0.653. The van der Waals surface area contributed by atoms with Gasteiger partial charge in [-0.05, 0) is 42.5 Å². The van der Waals surface area contributed by atoms with Crippen molar-refractivity contribution < 1.29 is 18.9 Å². The summed E-state index contributed by atoms with van der Waals surface area (Å²) in [6.45, 7) is 1.39. The Bertz CT molecular complexity index is 744. The fraction of sp³-hybridized carbons (Fsp3) is 0.0667. The molecule has 112 valence electrons. The van der Waals surface area contributed by atoms with Gasteiger partial charge in [0.2, 0.25) is 5.91 Å². The number of ketones is 1. The number of benzene rings is 1. The van der Waals surface area contributed by atoms with Crippen molar-refractivity contribution in [1.29, 1.82) is 0 Å². The highest BCUT2D eigenvalue weighted by Gasteiger charge is 2.10. The van der Waals surface area contributed by atoms with E-state index >= 15 is 0 Å². The Labute approximate surface area is 125 Å². The van der Waals surface area contributed by atoms with Gasteiger partial charge in [0.25, 0.3) is 0 Å². The lowest BCUT2D eigenvalue weighted by molar-refractivity contribution is -0.402. The van der Waals surface area contributed by atoms with Gasteiger partial charge in [-0.3, -0.25) is 19.7 Å². The third-order valence-electron chi connectivity index (χ3n) is 2.68. The van der Waals surface area contributed by atoms with E-state index < -0.39 is 4.92 Å². The van der Waals surface area contributed by atoms with Crippen LogP contribution in [-0.4, -0.2) is 16.6 Å². The van der Waals surface area contributed by atoms with Crippen LogP contribution in [0.15, 0.2) is 46.9 Å². The van der Waals surface area contributed by atoms with Crippen LogP contribution < -0.4 is 5.32 Å². The molecule has 7 heteroatoms. The minimum Gasteiger partial charge on any atom is -0.401 e. The van der Waals surface area contributed by atoms with Crippen LogP contribution in [0.3, 0.4) is 0 Å². The number of furan rings is 1. The Hall–Kier alpha value is -3.22. The maximum Gasteiger partial charge on any atom is 0.433 e. The molecule has 1 aromatic carbocycles. The normalized spacial score (nSPS) is 10.6. The lowest BCUT2D eigenvalue weighted by atomic mass is 10.1. The molecule has 0 aliphatic rings. The van der Waals surface area contributed by atoms with Crippen LogP contribution in [0.2, 0.25) is 0 Å².